The molecule has 0 spiro atoms. The van der Waals surface area contributed by atoms with Crippen molar-refractivity contribution in [1.82, 2.24) is 29.3 Å². The van der Waals surface area contributed by atoms with E-state index in [1.54, 1.807) is 23.0 Å². The second-order valence-corrected chi connectivity index (χ2v) is 8.07. The van der Waals surface area contributed by atoms with Crippen LogP contribution in [0, 0.1) is 0 Å². The van der Waals surface area contributed by atoms with Gasteiger partial charge in [0.25, 0.3) is 5.91 Å². The predicted octanol–water partition coefficient (Wildman–Crippen LogP) is 2.88. The van der Waals surface area contributed by atoms with Gasteiger partial charge in [-0.2, -0.15) is 5.10 Å². The SMILES string of the molecule is CC(C)Oc1cc2nc(C3CCNCC3)cn2cc1NC(=O)c1cnn2cccnc12. The monoisotopic (exact) mass is 419 g/mol. The van der Waals surface area contributed by atoms with E-state index in [1.807, 2.05) is 30.5 Å². The Labute approximate surface area is 179 Å². The van der Waals surface area contributed by atoms with Gasteiger partial charge in [-0.3, -0.25) is 4.79 Å². The minimum absolute atomic E-state index is 0.0457. The van der Waals surface area contributed by atoms with Crippen LogP contribution in [0.2, 0.25) is 0 Å². The van der Waals surface area contributed by atoms with Crippen molar-refractivity contribution in [1.29, 1.82) is 0 Å². The molecule has 0 bridgehead atoms. The summed E-state index contributed by atoms with van der Waals surface area (Å²) in [6, 6.07) is 3.65. The van der Waals surface area contributed by atoms with Crippen LogP contribution in [-0.2, 0) is 0 Å². The molecule has 0 aliphatic carbocycles. The second kappa shape index (κ2) is 7.99. The number of rotatable bonds is 5. The number of ether oxygens (including phenoxy) is 1. The van der Waals surface area contributed by atoms with E-state index in [9.17, 15) is 4.79 Å². The molecule has 0 unspecified atom stereocenters. The van der Waals surface area contributed by atoms with Gasteiger partial charge in [0.2, 0.25) is 0 Å². The van der Waals surface area contributed by atoms with Gasteiger partial charge in [-0.25, -0.2) is 14.5 Å². The Kier molecular flexibility index (Phi) is 5.03. The first-order chi connectivity index (χ1) is 15.1. The molecule has 5 rings (SSSR count). The quantitative estimate of drug-likeness (QED) is 0.516. The Balaban J connectivity index is 1.50. The summed E-state index contributed by atoms with van der Waals surface area (Å²) in [5.41, 5.74) is 3.36. The predicted molar refractivity (Wildman–Crippen MR) is 117 cm³/mol. The number of hydrogen-bond donors (Lipinski definition) is 2. The highest BCUT2D eigenvalue weighted by Crippen LogP contribution is 2.31. The van der Waals surface area contributed by atoms with Gasteiger partial charge in [-0.05, 0) is 45.8 Å². The zero-order valence-electron chi connectivity index (χ0n) is 17.6. The molecule has 2 N–H and O–H groups in total. The third kappa shape index (κ3) is 3.84. The number of imidazole rings is 1. The topological polar surface area (TPSA) is 97.8 Å². The third-order valence-corrected chi connectivity index (χ3v) is 5.47. The van der Waals surface area contributed by atoms with Crippen LogP contribution < -0.4 is 15.4 Å². The molecule has 4 aromatic heterocycles. The molecule has 1 aliphatic rings. The van der Waals surface area contributed by atoms with Gasteiger partial charge >= 0.3 is 0 Å². The molecule has 0 saturated carbocycles. The molecule has 1 fully saturated rings. The molecular formula is C22H25N7O2. The Hall–Kier alpha value is -3.46. The molecule has 31 heavy (non-hydrogen) atoms. The van der Waals surface area contributed by atoms with E-state index in [0.29, 0.717) is 28.6 Å². The number of carbonyl (C=O) groups excluding carboxylic acids is 1. The fraction of sp³-hybridized carbons (Fsp3) is 0.364. The number of anilines is 1. The fourth-order valence-corrected chi connectivity index (χ4v) is 3.97. The van der Waals surface area contributed by atoms with Crippen molar-refractivity contribution >= 4 is 22.9 Å². The highest BCUT2D eigenvalue weighted by atomic mass is 16.5. The lowest BCUT2D eigenvalue weighted by molar-refractivity contribution is 0.102. The molecule has 0 atom stereocenters. The van der Waals surface area contributed by atoms with E-state index in [0.717, 1.165) is 37.3 Å². The van der Waals surface area contributed by atoms with Crippen molar-refractivity contribution in [3.63, 3.8) is 0 Å². The van der Waals surface area contributed by atoms with Crippen LogP contribution in [0.25, 0.3) is 11.3 Å². The second-order valence-electron chi connectivity index (χ2n) is 8.07. The summed E-state index contributed by atoms with van der Waals surface area (Å²) in [5, 5.41) is 10.6. The third-order valence-electron chi connectivity index (χ3n) is 5.47. The zero-order valence-corrected chi connectivity index (χ0v) is 17.6. The van der Waals surface area contributed by atoms with Crippen LogP contribution in [0.5, 0.6) is 5.75 Å². The van der Waals surface area contributed by atoms with Crippen LogP contribution in [-0.4, -0.2) is 49.1 Å². The number of nitrogens with zero attached hydrogens (tertiary/aromatic N) is 5. The summed E-state index contributed by atoms with van der Waals surface area (Å²) in [7, 11) is 0. The smallest absolute Gasteiger partial charge is 0.261 e. The van der Waals surface area contributed by atoms with Gasteiger partial charge in [0.1, 0.15) is 22.6 Å². The van der Waals surface area contributed by atoms with E-state index in [-0.39, 0.29) is 12.0 Å². The number of aromatic nitrogens is 5. The van der Waals surface area contributed by atoms with Crippen LogP contribution >= 0.6 is 0 Å². The first-order valence-corrected chi connectivity index (χ1v) is 10.6. The Morgan fingerprint density at radius 2 is 2.13 bits per heavy atom. The first kappa shape index (κ1) is 19.5. The van der Waals surface area contributed by atoms with Crippen LogP contribution in [0.3, 0.4) is 0 Å². The molecular weight excluding hydrogens is 394 g/mol. The lowest BCUT2D eigenvalue weighted by Gasteiger charge is -2.20. The molecule has 4 aromatic rings. The average Bonchev–Trinajstić information content (AvgIpc) is 3.38. The van der Waals surface area contributed by atoms with Gasteiger partial charge in [-0.15, -0.1) is 0 Å². The average molecular weight is 419 g/mol. The fourth-order valence-electron chi connectivity index (χ4n) is 3.97. The number of nitrogens with one attached hydrogen (secondary N) is 2. The van der Waals surface area contributed by atoms with Crippen LogP contribution in [0.4, 0.5) is 5.69 Å². The summed E-state index contributed by atoms with van der Waals surface area (Å²) >= 11 is 0. The van der Waals surface area contributed by atoms with Crippen molar-refractivity contribution in [3.8, 4) is 5.75 Å². The highest BCUT2D eigenvalue weighted by Gasteiger charge is 2.21. The maximum Gasteiger partial charge on any atom is 0.261 e. The summed E-state index contributed by atoms with van der Waals surface area (Å²) in [6.07, 6.45) is 10.9. The van der Waals surface area contributed by atoms with Crippen LogP contribution in [0.1, 0.15) is 48.7 Å². The van der Waals surface area contributed by atoms with Crippen molar-refractivity contribution in [2.75, 3.05) is 18.4 Å². The summed E-state index contributed by atoms with van der Waals surface area (Å²) in [4.78, 5) is 22.1. The molecule has 9 nitrogen and oxygen atoms in total. The number of fused-ring (bicyclic) bond motifs is 2. The lowest BCUT2D eigenvalue weighted by Crippen LogP contribution is -2.26. The van der Waals surface area contributed by atoms with Gasteiger partial charge in [0.15, 0.2) is 5.65 Å². The Bertz CT molecular complexity index is 1240. The normalized spacial score (nSPS) is 15.1. The molecule has 1 amide bonds. The Morgan fingerprint density at radius 3 is 2.94 bits per heavy atom. The maximum absolute atomic E-state index is 13.0. The van der Waals surface area contributed by atoms with E-state index in [2.05, 4.69) is 26.9 Å². The van der Waals surface area contributed by atoms with Crippen molar-refractivity contribution in [2.45, 2.75) is 38.7 Å². The van der Waals surface area contributed by atoms with Gasteiger partial charge < -0.3 is 19.8 Å². The van der Waals surface area contributed by atoms with Gasteiger partial charge in [-0.1, -0.05) is 0 Å². The summed E-state index contributed by atoms with van der Waals surface area (Å²) < 4.78 is 9.53. The largest absolute Gasteiger partial charge is 0.489 e. The number of pyridine rings is 1. The van der Waals surface area contributed by atoms with E-state index in [1.165, 1.54) is 6.20 Å². The van der Waals surface area contributed by atoms with Gasteiger partial charge in [0.05, 0.1) is 18.0 Å². The molecule has 5 heterocycles. The lowest BCUT2D eigenvalue weighted by atomic mass is 9.95. The molecule has 0 aromatic carbocycles. The molecule has 9 heteroatoms. The standard InChI is InChI=1S/C22H25N7O2/c1-14(2)31-19-10-20-26-17(15-4-7-23-8-5-15)12-28(20)13-18(19)27-22(30)16-11-25-29-9-3-6-24-21(16)29/h3,6,9-15,23H,4-5,7-8H2,1-2H3,(H,27,30). The summed E-state index contributed by atoms with van der Waals surface area (Å²) in [5.74, 6) is 0.738. The zero-order chi connectivity index (χ0) is 21.4. The number of piperidine rings is 1. The first-order valence-electron chi connectivity index (χ1n) is 10.6. The minimum Gasteiger partial charge on any atom is -0.489 e. The minimum atomic E-state index is -0.291. The van der Waals surface area contributed by atoms with Crippen molar-refractivity contribution in [3.05, 3.63) is 54.4 Å². The van der Waals surface area contributed by atoms with Crippen LogP contribution in [0.15, 0.2) is 43.1 Å². The molecule has 1 saturated heterocycles. The number of amides is 1. The van der Waals surface area contributed by atoms with Crippen molar-refractivity contribution in [2.24, 2.45) is 0 Å². The van der Waals surface area contributed by atoms with Crippen molar-refractivity contribution < 1.29 is 9.53 Å². The Morgan fingerprint density at radius 1 is 1.29 bits per heavy atom. The molecule has 0 radical (unpaired) electrons. The summed E-state index contributed by atoms with van der Waals surface area (Å²) in [6.45, 7) is 5.93. The van der Waals surface area contributed by atoms with E-state index in [4.69, 9.17) is 9.72 Å². The van der Waals surface area contributed by atoms with E-state index >= 15 is 0 Å². The van der Waals surface area contributed by atoms with E-state index < -0.39 is 0 Å². The highest BCUT2D eigenvalue weighted by molar-refractivity contribution is 6.08. The number of carbonyl (C=O) groups is 1. The maximum atomic E-state index is 13.0. The van der Waals surface area contributed by atoms with Gasteiger partial charge in [0, 0.05) is 36.8 Å². The molecule has 1 aliphatic heterocycles. The molecule has 160 valence electrons. The number of hydrogen-bond acceptors (Lipinski definition) is 6.